The summed E-state index contributed by atoms with van der Waals surface area (Å²) in [6.45, 7) is 2.59. The van der Waals surface area contributed by atoms with Crippen molar-refractivity contribution in [2.45, 2.75) is 13.5 Å². The first-order valence-corrected chi connectivity index (χ1v) is 5.37. The molecule has 0 unspecified atom stereocenters. The van der Waals surface area contributed by atoms with Crippen molar-refractivity contribution in [3.05, 3.63) is 40.0 Å². The fraction of sp³-hybridized carbons (Fsp3) is 0.200. The second-order valence-corrected chi connectivity index (χ2v) is 4.16. The highest BCUT2D eigenvalue weighted by Crippen LogP contribution is 2.17. The van der Waals surface area contributed by atoms with E-state index in [2.05, 4.69) is 26.2 Å². The SMILES string of the molecule is Cc1c(N)nnn1Cc1ccccc1Br. The van der Waals surface area contributed by atoms with Crippen LogP contribution in [-0.2, 0) is 6.54 Å². The lowest BCUT2D eigenvalue weighted by atomic mass is 10.2. The van der Waals surface area contributed by atoms with Crippen molar-refractivity contribution in [2.24, 2.45) is 0 Å². The predicted octanol–water partition coefficient (Wildman–Crippen LogP) is 1.98. The molecule has 0 amide bonds. The van der Waals surface area contributed by atoms with Gasteiger partial charge < -0.3 is 5.73 Å². The third-order valence-corrected chi connectivity index (χ3v) is 3.07. The molecule has 0 aliphatic carbocycles. The van der Waals surface area contributed by atoms with Crippen molar-refractivity contribution >= 4 is 21.7 Å². The Hall–Kier alpha value is -1.36. The molecule has 0 fully saturated rings. The van der Waals surface area contributed by atoms with Crippen molar-refractivity contribution < 1.29 is 0 Å². The quantitative estimate of drug-likeness (QED) is 0.905. The zero-order valence-electron chi connectivity index (χ0n) is 8.31. The van der Waals surface area contributed by atoms with E-state index in [1.165, 1.54) is 0 Å². The van der Waals surface area contributed by atoms with Crippen LogP contribution in [0.5, 0.6) is 0 Å². The molecule has 2 rings (SSSR count). The Kier molecular flexibility index (Phi) is 2.73. The Morgan fingerprint density at radius 3 is 2.73 bits per heavy atom. The van der Waals surface area contributed by atoms with Gasteiger partial charge in [-0.05, 0) is 18.6 Å². The van der Waals surface area contributed by atoms with E-state index in [-0.39, 0.29) is 0 Å². The van der Waals surface area contributed by atoms with Crippen molar-refractivity contribution in [3.63, 3.8) is 0 Å². The first kappa shape index (κ1) is 10.2. The van der Waals surface area contributed by atoms with Gasteiger partial charge in [0, 0.05) is 4.47 Å². The number of nitrogen functional groups attached to an aromatic ring is 1. The molecule has 78 valence electrons. The molecule has 1 aromatic carbocycles. The van der Waals surface area contributed by atoms with Crippen LogP contribution in [0.25, 0.3) is 0 Å². The summed E-state index contributed by atoms with van der Waals surface area (Å²) in [7, 11) is 0. The van der Waals surface area contributed by atoms with Crippen LogP contribution in [0.3, 0.4) is 0 Å². The molecule has 0 aliphatic rings. The fourth-order valence-electron chi connectivity index (χ4n) is 1.31. The van der Waals surface area contributed by atoms with Crippen LogP contribution >= 0.6 is 15.9 Å². The van der Waals surface area contributed by atoms with Gasteiger partial charge in [0.05, 0.1) is 12.2 Å². The monoisotopic (exact) mass is 266 g/mol. The van der Waals surface area contributed by atoms with Gasteiger partial charge in [-0.3, -0.25) is 0 Å². The van der Waals surface area contributed by atoms with Gasteiger partial charge in [-0.25, -0.2) is 4.68 Å². The normalized spacial score (nSPS) is 10.5. The highest BCUT2D eigenvalue weighted by atomic mass is 79.9. The Balaban J connectivity index is 2.30. The van der Waals surface area contributed by atoms with Gasteiger partial charge >= 0.3 is 0 Å². The van der Waals surface area contributed by atoms with Gasteiger partial charge in [0.15, 0.2) is 5.82 Å². The molecular formula is C10H11BrN4. The Morgan fingerprint density at radius 2 is 2.13 bits per heavy atom. The summed E-state index contributed by atoms with van der Waals surface area (Å²) in [5.74, 6) is 0.488. The molecule has 0 saturated carbocycles. The topological polar surface area (TPSA) is 56.7 Å². The molecule has 15 heavy (non-hydrogen) atoms. The zero-order valence-corrected chi connectivity index (χ0v) is 9.90. The largest absolute Gasteiger partial charge is 0.381 e. The maximum Gasteiger partial charge on any atom is 0.168 e. The number of halogens is 1. The predicted molar refractivity (Wildman–Crippen MR) is 62.4 cm³/mol. The molecule has 2 N–H and O–H groups in total. The Morgan fingerprint density at radius 1 is 1.40 bits per heavy atom. The number of rotatable bonds is 2. The fourth-order valence-corrected chi connectivity index (χ4v) is 1.72. The average Bonchev–Trinajstić information content (AvgIpc) is 2.53. The number of nitrogens with zero attached hydrogens (tertiary/aromatic N) is 3. The van der Waals surface area contributed by atoms with E-state index in [0.717, 1.165) is 15.7 Å². The van der Waals surface area contributed by atoms with Crippen LogP contribution in [0.2, 0.25) is 0 Å². The van der Waals surface area contributed by atoms with E-state index in [0.29, 0.717) is 12.4 Å². The van der Waals surface area contributed by atoms with Crippen LogP contribution in [0.15, 0.2) is 28.7 Å². The first-order chi connectivity index (χ1) is 7.18. The lowest BCUT2D eigenvalue weighted by Crippen LogP contribution is -2.04. The molecule has 0 saturated heterocycles. The van der Waals surface area contributed by atoms with Crippen LogP contribution in [0, 0.1) is 6.92 Å². The highest BCUT2D eigenvalue weighted by Gasteiger charge is 2.06. The number of anilines is 1. The summed E-state index contributed by atoms with van der Waals surface area (Å²) in [5, 5.41) is 7.79. The maximum atomic E-state index is 5.63. The van der Waals surface area contributed by atoms with Gasteiger partial charge in [-0.2, -0.15) is 0 Å². The minimum absolute atomic E-state index is 0.488. The number of hydrogen-bond acceptors (Lipinski definition) is 3. The van der Waals surface area contributed by atoms with E-state index >= 15 is 0 Å². The molecule has 1 heterocycles. The maximum absolute atomic E-state index is 5.63. The summed E-state index contributed by atoms with van der Waals surface area (Å²) >= 11 is 3.49. The Bertz CT molecular complexity index is 478. The minimum atomic E-state index is 0.488. The van der Waals surface area contributed by atoms with Gasteiger partial charge in [0.25, 0.3) is 0 Å². The number of benzene rings is 1. The van der Waals surface area contributed by atoms with Crippen LogP contribution in [0.4, 0.5) is 5.82 Å². The molecular weight excluding hydrogens is 256 g/mol. The van der Waals surface area contributed by atoms with E-state index in [4.69, 9.17) is 5.73 Å². The summed E-state index contributed by atoms with van der Waals surface area (Å²) in [6, 6.07) is 8.03. The van der Waals surface area contributed by atoms with Crippen molar-refractivity contribution in [3.8, 4) is 0 Å². The standard InChI is InChI=1S/C10H11BrN4/c1-7-10(12)13-14-15(7)6-8-4-2-3-5-9(8)11/h2-5H,6,12H2,1H3. The first-order valence-electron chi connectivity index (χ1n) is 4.57. The van der Waals surface area contributed by atoms with E-state index in [9.17, 15) is 0 Å². The van der Waals surface area contributed by atoms with Gasteiger partial charge in [-0.1, -0.05) is 39.3 Å². The van der Waals surface area contributed by atoms with Crippen molar-refractivity contribution in [2.75, 3.05) is 5.73 Å². The average molecular weight is 267 g/mol. The second kappa shape index (κ2) is 4.02. The van der Waals surface area contributed by atoms with Crippen LogP contribution in [-0.4, -0.2) is 15.0 Å². The zero-order chi connectivity index (χ0) is 10.8. The van der Waals surface area contributed by atoms with Gasteiger partial charge in [0.1, 0.15) is 0 Å². The second-order valence-electron chi connectivity index (χ2n) is 3.31. The number of nitrogens with two attached hydrogens (primary N) is 1. The van der Waals surface area contributed by atoms with Crippen molar-refractivity contribution in [1.29, 1.82) is 0 Å². The molecule has 0 radical (unpaired) electrons. The summed E-state index contributed by atoms with van der Waals surface area (Å²) < 4.78 is 2.86. The molecule has 0 bridgehead atoms. The molecule has 1 aromatic heterocycles. The van der Waals surface area contributed by atoms with Crippen LogP contribution in [0.1, 0.15) is 11.3 Å². The third kappa shape index (κ3) is 2.02. The number of hydrogen-bond donors (Lipinski definition) is 1. The van der Waals surface area contributed by atoms with Crippen molar-refractivity contribution in [1.82, 2.24) is 15.0 Å². The molecule has 0 spiro atoms. The van der Waals surface area contributed by atoms with Gasteiger partial charge in [0.2, 0.25) is 0 Å². The number of aromatic nitrogens is 3. The summed E-state index contributed by atoms with van der Waals surface area (Å²) in [4.78, 5) is 0. The molecule has 0 aliphatic heterocycles. The van der Waals surface area contributed by atoms with Gasteiger partial charge in [-0.15, -0.1) is 5.10 Å². The van der Waals surface area contributed by atoms with E-state index < -0.39 is 0 Å². The molecule has 5 heteroatoms. The summed E-state index contributed by atoms with van der Waals surface area (Å²) in [5.41, 5.74) is 7.68. The lowest BCUT2D eigenvalue weighted by molar-refractivity contribution is 0.632. The third-order valence-electron chi connectivity index (χ3n) is 2.30. The molecule has 2 aromatic rings. The smallest absolute Gasteiger partial charge is 0.168 e. The lowest BCUT2D eigenvalue weighted by Gasteiger charge is -2.05. The van der Waals surface area contributed by atoms with E-state index in [1.54, 1.807) is 4.68 Å². The van der Waals surface area contributed by atoms with Crippen LogP contribution < -0.4 is 5.73 Å². The molecule has 4 nitrogen and oxygen atoms in total. The van der Waals surface area contributed by atoms with E-state index in [1.807, 2.05) is 31.2 Å². The summed E-state index contributed by atoms with van der Waals surface area (Å²) in [6.07, 6.45) is 0. The Labute approximate surface area is 96.2 Å². The molecule has 0 atom stereocenters. The highest BCUT2D eigenvalue weighted by molar-refractivity contribution is 9.10. The minimum Gasteiger partial charge on any atom is -0.381 e.